The van der Waals surface area contributed by atoms with Crippen molar-refractivity contribution in [2.45, 2.75) is 20.8 Å². The smallest absolute Gasteiger partial charge is 0.316 e. The van der Waals surface area contributed by atoms with Crippen LogP contribution in [0.15, 0.2) is 29.4 Å². The predicted octanol–water partition coefficient (Wildman–Crippen LogP) is 1.36. The van der Waals surface area contributed by atoms with Crippen LogP contribution >= 0.6 is 0 Å². The zero-order chi connectivity index (χ0) is 12.8. The molecule has 1 aromatic carbocycles. The van der Waals surface area contributed by atoms with Gasteiger partial charge >= 0.3 is 5.97 Å². The van der Waals surface area contributed by atoms with E-state index in [2.05, 4.69) is 15.3 Å². The molecule has 90 valence electrons. The molecule has 1 rings (SSSR count). The van der Waals surface area contributed by atoms with Gasteiger partial charge in [-0.25, -0.2) is 4.79 Å². The van der Waals surface area contributed by atoms with Crippen molar-refractivity contribution in [3.05, 3.63) is 35.4 Å². The fourth-order valence-corrected chi connectivity index (χ4v) is 1.25. The quantitative estimate of drug-likeness (QED) is 0.363. The van der Waals surface area contributed by atoms with E-state index in [9.17, 15) is 9.59 Å². The summed E-state index contributed by atoms with van der Waals surface area (Å²) < 4.78 is 0. The molecule has 0 fully saturated rings. The van der Waals surface area contributed by atoms with Gasteiger partial charge in [-0.15, -0.1) is 0 Å². The molecule has 0 bridgehead atoms. The first-order chi connectivity index (χ1) is 8.00. The monoisotopic (exact) mass is 234 g/mol. The van der Waals surface area contributed by atoms with Crippen LogP contribution in [0.4, 0.5) is 0 Å². The van der Waals surface area contributed by atoms with E-state index in [0.717, 1.165) is 5.56 Å². The SMILES string of the molecule is CC(=O)N/C(=N\OC(C)=O)c1ccccc1C. The first-order valence-corrected chi connectivity index (χ1v) is 5.10. The minimum absolute atomic E-state index is 0.228. The number of benzene rings is 1. The Morgan fingerprint density at radius 3 is 2.41 bits per heavy atom. The maximum absolute atomic E-state index is 11.1. The van der Waals surface area contributed by atoms with Crippen LogP contribution in [0.2, 0.25) is 0 Å². The third-order valence-electron chi connectivity index (χ3n) is 1.96. The van der Waals surface area contributed by atoms with Crippen molar-refractivity contribution in [1.82, 2.24) is 5.32 Å². The minimum atomic E-state index is -0.540. The van der Waals surface area contributed by atoms with Gasteiger partial charge in [-0.1, -0.05) is 29.4 Å². The molecule has 0 saturated heterocycles. The van der Waals surface area contributed by atoms with Crippen LogP contribution in [-0.2, 0) is 14.4 Å². The second-order valence-electron chi connectivity index (χ2n) is 3.52. The van der Waals surface area contributed by atoms with Crippen molar-refractivity contribution in [2.24, 2.45) is 5.16 Å². The van der Waals surface area contributed by atoms with Crippen LogP contribution < -0.4 is 5.32 Å². The summed E-state index contributed by atoms with van der Waals surface area (Å²) in [5.41, 5.74) is 1.64. The number of hydrogen-bond donors (Lipinski definition) is 1. The highest BCUT2D eigenvalue weighted by Crippen LogP contribution is 2.07. The minimum Gasteiger partial charge on any atom is -0.316 e. The van der Waals surface area contributed by atoms with Gasteiger partial charge < -0.3 is 10.2 Å². The fraction of sp³-hybridized carbons (Fsp3) is 0.250. The molecule has 0 aromatic heterocycles. The van der Waals surface area contributed by atoms with Gasteiger partial charge in [0.15, 0.2) is 5.84 Å². The molecule has 1 amide bonds. The summed E-state index contributed by atoms with van der Waals surface area (Å²) in [6, 6.07) is 7.34. The van der Waals surface area contributed by atoms with Crippen molar-refractivity contribution in [1.29, 1.82) is 0 Å². The lowest BCUT2D eigenvalue weighted by atomic mass is 10.1. The second kappa shape index (κ2) is 5.79. The van der Waals surface area contributed by atoms with E-state index < -0.39 is 5.97 Å². The standard InChI is InChI=1S/C12H14N2O3/c1-8-6-4-5-7-11(8)12(13-9(2)15)14-17-10(3)16/h4-7H,1-3H3,(H,13,14,15). The molecule has 0 aliphatic rings. The lowest BCUT2D eigenvalue weighted by Crippen LogP contribution is -2.30. The number of carbonyl (C=O) groups is 2. The van der Waals surface area contributed by atoms with E-state index in [1.165, 1.54) is 13.8 Å². The number of nitrogens with one attached hydrogen (secondary N) is 1. The summed E-state index contributed by atoms with van der Waals surface area (Å²) in [5.74, 6) is -0.591. The molecule has 0 radical (unpaired) electrons. The lowest BCUT2D eigenvalue weighted by Gasteiger charge is -2.08. The number of hydrogen-bond acceptors (Lipinski definition) is 4. The zero-order valence-corrected chi connectivity index (χ0v) is 9.98. The van der Waals surface area contributed by atoms with Crippen molar-refractivity contribution < 1.29 is 14.4 Å². The van der Waals surface area contributed by atoms with Gasteiger partial charge in [-0.05, 0) is 12.5 Å². The Kier molecular flexibility index (Phi) is 4.39. The molecule has 0 saturated carbocycles. The van der Waals surface area contributed by atoms with Crippen LogP contribution in [0.5, 0.6) is 0 Å². The van der Waals surface area contributed by atoms with E-state index in [1.807, 2.05) is 25.1 Å². The highest BCUT2D eigenvalue weighted by atomic mass is 16.7. The zero-order valence-electron chi connectivity index (χ0n) is 9.98. The fourth-order valence-electron chi connectivity index (χ4n) is 1.25. The Hall–Kier alpha value is -2.17. The number of rotatable bonds is 2. The van der Waals surface area contributed by atoms with Crippen molar-refractivity contribution >= 4 is 17.7 Å². The van der Waals surface area contributed by atoms with Gasteiger partial charge in [0, 0.05) is 19.4 Å². The number of nitrogens with zero attached hydrogens (tertiary/aromatic N) is 1. The second-order valence-corrected chi connectivity index (χ2v) is 3.52. The van der Waals surface area contributed by atoms with Gasteiger partial charge in [-0.3, -0.25) is 4.79 Å². The maximum Gasteiger partial charge on any atom is 0.332 e. The highest BCUT2D eigenvalue weighted by molar-refractivity contribution is 6.08. The summed E-state index contributed by atoms with van der Waals surface area (Å²) in [7, 11) is 0. The molecule has 0 unspecified atom stereocenters. The molecule has 0 aliphatic carbocycles. The Balaban J connectivity index is 3.06. The molecule has 1 N–H and O–H groups in total. The van der Waals surface area contributed by atoms with E-state index >= 15 is 0 Å². The summed E-state index contributed by atoms with van der Waals surface area (Å²) in [6.45, 7) is 4.48. The van der Waals surface area contributed by atoms with Crippen LogP contribution in [0.3, 0.4) is 0 Å². The molecule has 5 nitrogen and oxygen atoms in total. The Morgan fingerprint density at radius 1 is 1.24 bits per heavy atom. The molecular weight excluding hydrogens is 220 g/mol. The maximum atomic E-state index is 11.1. The van der Waals surface area contributed by atoms with Crippen molar-refractivity contribution in [3.63, 3.8) is 0 Å². The average molecular weight is 234 g/mol. The van der Waals surface area contributed by atoms with Gasteiger partial charge in [0.25, 0.3) is 0 Å². The first-order valence-electron chi connectivity index (χ1n) is 5.10. The molecule has 0 aliphatic heterocycles. The molecule has 0 spiro atoms. The predicted molar refractivity (Wildman–Crippen MR) is 63.3 cm³/mol. The summed E-state index contributed by atoms with van der Waals surface area (Å²) in [4.78, 5) is 26.3. The third kappa shape index (κ3) is 4.06. The van der Waals surface area contributed by atoms with Crippen LogP contribution in [0, 0.1) is 6.92 Å². The molecule has 5 heteroatoms. The van der Waals surface area contributed by atoms with Gasteiger partial charge in [0.1, 0.15) is 0 Å². The third-order valence-corrected chi connectivity index (χ3v) is 1.96. The molecule has 1 aromatic rings. The Labute approximate surface area is 99.5 Å². The van der Waals surface area contributed by atoms with Gasteiger partial charge in [0.05, 0.1) is 0 Å². The highest BCUT2D eigenvalue weighted by Gasteiger charge is 2.09. The number of aryl methyl sites for hydroxylation is 1. The number of amidine groups is 1. The summed E-state index contributed by atoms with van der Waals surface area (Å²) >= 11 is 0. The largest absolute Gasteiger partial charge is 0.332 e. The number of amides is 1. The number of carbonyl (C=O) groups excluding carboxylic acids is 2. The molecule has 0 heterocycles. The average Bonchev–Trinajstić information content (AvgIpc) is 2.24. The summed E-state index contributed by atoms with van der Waals surface area (Å²) in [6.07, 6.45) is 0. The molecule has 0 atom stereocenters. The van der Waals surface area contributed by atoms with E-state index in [4.69, 9.17) is 0 Å². The van der Waals surface area contributed by atoms with Crippen LogP contribution in [0.25, 0.3) is 0 Å². The Morgan fingerprint density at radius 2 is 1.88 bits per heavy atom. The summed E-state index contributed by atoms with van der Waals surface area (Å²) in [5, 5.41) is 6.16. The molecule has 17 heavy (non-hydrogen) atoms. The number of oxime groups is 1. The lowest BCUT2D eigenvalue weighted by molar-refractivity contribution is -0.141. The van der Waals surface area contributed by atoms with Crippen molar-refractivity contribution in [2.75, 3.05) is 0 Å². The topological polar surface area (TPSA) is 67.8 Å². The molecular formula is C12H14N2O3. The van der Waals surface area contributed by atoms with E-state index in [1.54, 1.807) is 6.07 Å². The van der Waals surface area contributed by atoms with Gasteiger partial charge in [0.2, 0.25) is 5.91 Å². The van der Waals surface area contributed by atoms with Crippen LogP contribution in [-0.4, -0.2) is 17.7 Å². The normalized spacial score (nSPS) is 10.9. The first kappa shape index (κ1) is 12.9. The van der Waals surface area contributed by atoms with Crippen LogP contribution in [0.1, 0.15) is 25.0 Å². The van der Waals surface area contributed by atoms with E-state index in [0.29, 0.717) is 5.56 Å². The van der Waals surface area contributed by atoms with Gasteiger partial charge in [-0.2, -0.15) is 0 Å². The van der Waals surface area contributed by atoms with E-state index in [-0.39, 0.29) is 11.7 Å². The van der Waals surface area contributed by atoms with Crippen molar-refractivity contribution in [3.8, 4) is 0 Å². The Bertz CT molecular complexity index is 467.